The van der Waals surface area contributed by atoms with Crippen LogP contribution in [0.25, 0.3) is 0 Å². The minimum Gasteiger partial charge on any atom is -0.387 e. The Morgan fingerprint density at radius 2 is 1.85 bits per heavy atom. The highest BCUT2D eigenvalue weighted by molar-refractivity contribution is 5.95. The lowest BCUT2D eigenvalue weighted by molar-refractivity contribution is 0.0915. The van der Waals surface area contributed by atoms with Crippen molar-refractivity contribution in [2.45, 2.75) is 19.4 Å². The van der Waals surface area contributed by atoms with Crippen LogP contribution >= 0.6 is 0 Å². The van der Waals surface area contributed by atoms with Gasteiger partial charge in [0.15, 0.2) is 0 Å². The zero-order valence-electron chi connectivity index (χ0n) is 15.0. The van der Waals surface area contributed by atoms with Crippen molar-refractivity contribution in [1.29, 1.82) is 0 Å². The molecule has 0 aliphatic carbocycles. The lowest BCUT2D eigenvalue weighted by Crippen LogP contribution is -2.29. The molecule has 26 heavy (non-hydrogen) atoms. The molecule has 0 unspecified atom stereocenters. The highest BCUT2D eigenvalue weighted by Crippen LogP contribution is 2.15. The van der Waals surface area contributed by atoms with Crippen LogP contribution in [0.15, 0.2) is 60.8 Å². The highest BCUT2D eigenvalue weighted by atomic mass is 16.3. The van der Waals surface area contributed by atoms with Gasteiger partial charge >= 0.3 is 0 Å². The molecule has 0 saturated carbocycles. The Morgan fingerprint density at radius 1 is 1.15 bits per heavy atom. The molecular weight excluding hydrogens is 326 g/mol. The molecule has 0 spiro atoms. The summed E-state index contributed by atoms with van der Waals surface area (Å²) in [7, 11) is 1.83. The third-order valence-corrected chi connectivity index (χ3v) is 4.44. The number of hydrogen-bond acceptors (Lipinski definition) is 3. The summed E-state index contributed by atoms with van der Waals surface area (Å²) in [5.74, 6) is -0.227. The van der Waals surface area contributed by atoms with E-state index in [1.807, 2.05) is 68.6 Å². The van der Waals surface area contributed by atoms with E-state index in [0.29, 0.717) is 12.0 Å². The number of hydrogen-bond donors (Lipinski definition) is 2. The van der Waals surface area contributed by atoms with Crippen molar-refractivity contribution >= 4 is 5.91 Å². The first-order valence-corrected chi connectivity index (χ1v) is 8.62. The smallest absolute Gasteiger partial charge is 0.254 e. The van der Waals surface area contributed by atoms with Gasteiger partial charge in [0.2, 0.25) is 0 Å². The second-order valence-corrected chi connectivity index (χ2v) is 6.43. The van der Waals surface area contributed by atoms with E-state index >= 15 is 0 Å². The predicted molar refractivity (Wildman–Crippen MR) is 101 cm³/mol. The lowest BCUT2D eigenvalue weighted by Gasteiger charge is -2.13. The van der Waals surface area contributed by atoms with Gasteiger partial charge in [-0.05, 0) is 18.1 Å². The van der Waals surface area contributed by atoms with Gasteiger partial charge in [0.25, 0.3) is 5.91 Å². The molecule has 1 atom stereocenters. The first-order valence-electron chi connectivity index (χ1n) is 8.62. The summed E-state index contributed by atoms with van der Waals surface area (Å²) in [4.78, 5) is 12.6. The Bertz CT molecular complexity index is 870. The van der Waals surface area contributed by atoms with E-state index in [2.05, 4.69) is 10.4 Å². The van der Waals surface area contributed by atoms with Gasteiger partial charge in [0.1, 0.15) is 0 Å². The van der Waals surface area contributed by atoms with Crippen molar-refractivity contribution in [1.82, 2.24) is 15.1 Å². The maximum atomic E-state index is 12.6. The molecule has 0 aliphatic rings. The molecule has 0 bridgehead atoms. The van der Waals surface area contributed by atoms with Crippen LogP contribution in [0.3, 0.4) is 0 Å². The summed E-state index contributed by atoms with van der Waals surface area (Å²) < 4.78 is 1.72. The van der Waals surface area contributed by atoms with Gasteiger partial charge < -0.3 is 10.4 Å². The average Bonchev–Trinajstić information content (AvgIpc) is 3.01. The minimum atomic E-state index is -0.742. The number of aromatic nitrogens is 2. The Balaban J connectivity index is 1.67. The van der Waals surface area contributed by atoms with E-state index in [1.165, 1.54) is 0 Å². The van der Waals surface area contributed by atoms with Crippen molar-refractivity contribution in [3.8, 4) is 0 Å². The van der Waals surface area contributed by atoms with Crippen LogP contribution < -0.4 is 5.32 Å². The number of carbonyl (C=O) groups excluding carboxylic acids is 1. The van der Waals surface area contributed by atoms with E-state index in [0.717, 1.165) is 22.4 Å². The van der Waals surface area contributed by atoms with Crippen molar-refractivity contribution in [2.75, 3.05) is 6.54 Å². The summed E-state index contributed by atoms with van der Waals surface area (Å²) in [6.07, 6.45) is 1.46. The largest absolute Gasteiger partial charge is 0.387 e. The molecule has 1 aromatic heterocycles. The number of nitrogens with zero attached hydrogens (tertiary/aromatic N) is 2. The van der Waals surface area contributed by atoms with Crippen molar-refractivity contribution in [3.63, 3.8) is 0 Å². The third-order valence-electron chi connectivity index (χ3n) is 4.44. The maximum Gasteiger partial charge on any atom is 0.254 e. The van der Waals surface area contributed by atoms with Crippen LogP contribution in [0.5, 0.6) is 0 Å². The minimum absolute atomic E-state index is 0.154. The first kappa shape index (κ1) is 17.9. The second-order valence-electron chi connectivity index (χ2n) is 6.43. The average molecular weight is 349 g/mol. The third kappa shape index (κ3) is 4.18. The van der Waals surface area contributed by atoms with E-state index in [1.54, 1.807) is 10.9 Å². The maximum absolute atomic E-state index is 12.6. The summed E-state index contributed by atoms with van der Waals surface area (Å²) in [5.41, 5.74) is 4.41. The molecule has 5 heteroatoms. The Morgan fingerprint density at radius 3 is 2.54 bits per heavy atom. The van der Waals surface area contributed by atoms with E-state index in [4.69, 9.17) is 0 Å². The Labute approximate surface area is 153 Å². The predicted octanol–water partition coefficient (Wildman–Crippen LogP) is 2.78. The van der Waals surface area contributed by atoms with Crippen LogP contribution in [0.1, 0.15) is 38.8 Å². The molecular formula is C21H23N3O2. The second kappa shape index (κ2) is 7.97. The molecule has 0 radical (unpaired) electrons. The number of nitrogens with one attached hydrogen (secondary N) is 1. The Kier molecular flexibility index (Phi) is 5.49. The summed E-state index contributed by atoms with van der Waals surface area (Å²) in [6.45, 7) is 2.15. The van der Waals surface area contributed by atoms with Crippen molar-refractivity contribution < 1.29 is 9.90 Å². The molecule has 3 aromatic rings. The Hall–Kier alpha value is -2.92. The number of aryl methyl sites for hydroxylation is 2. The van der Waals surface area contributed by atoms with E-state index < -0.39 is 6.10 Å². The zero-order chi connectivity index (χ0) is 18.5. The van der Waals surface area contributed by atoms with Gasteiger partial charge in [0, 0.05) is 20.0 Å². The summed E-state index contributed by atoms with van der Waals surface area (Å²) in [5, 5.41) is 17.3. The van der Waals surface area contributed by atoms with Gasteiger partial charge in [-0.1, -0.05) is 60.2 Å². The van der Waals surface area contributed by atoms with E-state index in [-0.39, 0.29) is 12.5 Å². The number of amides is 1. The fourth-order valence-electron chi connectivity index (χ4n) is 2.84. The number of benzene rings is 2. The molecule has 0 fully saturated rings. The monoisotopic (exact) mass is 349 g/mol. The van der Waals surface area contributed by atoms with Crippen LogP contribution in [0.2, 0.25) is 0 Å². The van der Waals surface area contributed by atoms with Gasteiger partial charge in [-0.2, -0.15) is 5.10 Å². The van der Waals surface area contributed by atoms with Gasteiger partial charge in [0.05, 0.1) is 23.6 Å². The van der Waals surface area contributed by atoms with E-state index in [9.17, 15) is 9.90 Å². The van der Waals surface area contributed by atoms with Crippen LogP contribution in [0, 0.1) is 6.92 Å². The molecule has 0 aliphatic heterocycles. The van der Waals surface area contributed by atoms with Crippen LogP contribution in [-0.4, -0.2) is 27.3 Å². The SMILES string of the molecule is Cc1ccc([C@H](O)CNC(=O)c2cnn(C)c2Cc2ccccc2)cc1. The topological polar surface area (TPSA) is 67.2 Å². The van der Waals surface area contributed by atoms with Crippen molar-refractivity contribution in [3.05, 3.63) is 88.7 Å². The lowest BCUT2D eigenvalue weighted by atomic mass is 10.1. The van der Waals surface area contributed by atoms with Crippen LogP contribution in [0.4, 0.5) is 0 Å². The summed E-state index contributed by atoms with van der Waals surface area (Å²) in [6, 6.07) is 17.6. The number of rotatable bonds is 6. The summed E-state index contributed by atoms with van der Waals surface area (Å²) >= 11 is 0. The number of carbonyl (C=O) groups is 1. The molecule has 3 rings (SSSR count). The molecule has 134 valence electrons. The molecule has 1 amide bonds. The fraction of sp³-hybridized carbons (Fsp3) is 0.238. The standard InChI is InChI=1S/C21H23N3O2/c1-15-8-10-17(11-9-15)20(25)14-22-21(26)18-13-23-24(2)19(18)12-16-6-4-3-5-7-16/h3-11,13,20,25H,12,14H2,1-2H3,(H,22,26)/t20-/m1/s1. The van der Waals surface area contributed by atoms with Crippen LogP contribution in [-0.2, 0) is 13.5 Å². The van der Waals surface area contributed by atoms with Gasteiger partial charge in [-0.15, -0.1) is 0 Å². The number of aliphatic hydroxyl groups is 1. The molecule has 2 N–H and O–H groups in total. The normalized spacial score (nSPS) is 12.0. The zero-order valence-corrected chi connectivity index (χ0v) is 15.0. The fourth-order valence-corrected chi connectivity index (χ4v) is 2.84. The quantitative estimate of drug-likeness (QED) is 0.719. The van der Waals surface area contributed by atoms with Gasteiger partial charge in [-0.25, -0.2) is 0 Å². The van der Waals surface area contributed by atoms with Gasteiger partial charge in [-0.3, -0.25) is 9.48 Å². The highest BCUT2D eigenvalue weighted by Gasteiger charge is 2.17. The molecule has 5 nitrogen and oxygen atoms in total. The van der Waals surface area contributed by atoms with Crippen molar-refractivity contribution in [2.24, 2.45) is 7.05 Å². The first-order chi connectivity index (χ1) is 12.5. The molecule has 1 heterocycles. The number of aliphatic hydroxyl groups excluding tert-OH is 1. The molecule has 0 saturated heterocycles. The molecule has 2 aromatic carbocycles.